The number of urea groups is 1. The topological polar surface area (TPSA) is 64.6 Å². The summed E-state index contributed by atoms with van der Waals surface area (Å²) in [7, 11) is 3.95. The lowest BCUT2D eigenvalue weighted by Crippen LogP contribution is -2.36. The number of nitrogens with one attached hydrogen (secondary N) is 2. The van der Waals surface area contributed by atoms with Gasteiger partial charge < -0.3 is 20.6 Å². The lowest BCUT2D eigenvalue weighted by molar-refractivity contribution is 0.234. The Hall–Kier alpha value is -1.75. The van der Waals surface area contributed by atoms with Gasteiger partial charge in [0.15, 0.2) is 0 Å². The molecule has 18 heavy (non-hydrogen) atoms. The molecule has 0 spiro atoms. The number of amides is 2. The van der Waals surface area contributed by atoms with Gasteiger partial charge in [-0.25, -0.2) is 4.79 Å². The Morgan fingerprint density at radius 2 is 2.06 bits per heavy atom. The third-order valence-corrected chi connectivity index (χ3v) is 2.56. The highest BCUT2D eigenvalue weighted by molar-refractivity contribution is 5.74. The van der Waals surface area contributed by atoms with E-state index in [-0.39, 0.29) is 19.2 Å². The molecule has 0 aliphatic rings. The molecule has 0 bridgehead atoms. The molecule has 1 aromatic rings. The van der Waals surface area contributed by atoms with Gasteiger partial charge in [0, 0.05) is 32.9 Å². The zero-order chi connectivity index (χ0) is 13.5. The summed E-state index contributed by atoms with van der Waals surface area (Å²) in [6.45, 7) is 2.71. The average Bonchev–Trinajstić information content (AvgIpc) is 2.34. The molecule has 5 nitrogen and oxygen atoms in total. The van der Waals surface area contributed by atoms with Gasteiger partial charge in [-0.1, -0.05) is 12.1 Å². The van der Waals surface area contributed by atoms with E-state index in [0.717, 1.165) is 11.3 Å². The van der Waals surface area contributed by atoms with E-state index in [0.29, 0.717) is 6.54 Å². The fraction of sp³-hybridized carbons (Fsp3) is 0.462. The van der Waals surface area contributed by atoms with Gasteiger partial charge in [0.2, 0.25) is 0 Å². The van der Waals surface area contributed by atoms with Crippen LogP contribution in [0.2, 0.25) is 0 Å². The molecular formula is C13H21N3O2. The maximum absolute atomic E-state index is 11.4. The number of aryl methyl sites for hydroxylation is 1. The Labute approximate surface area is 108 Å². The van der Waals surface area contributed by atoms with Crippen molar-refractivity contribution >= 4 is 11.7 Å². The number of aliphatic hydroxyl groups excluding tert-OH is 1. The van der Waals surface area contributed by atoms with Crippen LogP contribution >= 0.6 is 0 Å². The molecule has 0 aromatic heterocycles. The van der Waals surface area contributed by atoms with Gasteiger partial charge in [0.05, 0.1) is 6.61 Å². The van der Waals surface area contributed by atoms with Crippen molar-refractivity contribution in [3.8, 4) is 0 Å². The van der Waals surface area contributed by atoms with Crippen molar-refractivity contribution in [1.29, 1.82) is 0 Å². The smallest absolute Gasteiger partial charge is 0.315 e. The first-order valence-corrected chi connectivity index (χ1v) is 5.94. The van der Waals surface area contributed by atoms with Crippen molar-refractivity contribution in [2.75, 3.05) is 32.1 Å². The second kappa shape index (κ2) is 6.86. The van der Waals surface area contributed by atoms with Gasteiger partial charge in [-0.3, -0.25) is 0 Å². The standard InChI is InChI=1S/C13H21N3O2/c1-10-4-5-11(12(8-10)16(2)3)9-15-13(18)14-6-7-17/h4-5,8,17H,6-7,9H2,1-3H3,(H2,14,15,18). The minimum Gasteiger partial charge on any atom is -0.395 e. The number of rotatable bonds is 5. The summed E-state index contributed by atoms with van der Waals surface area (Å²) in [6.07, 6.45) is 0. The van der Waals surface area contributed by atoms with Crippen LogP contribution in [0.3, 0.4) is 0 Å². The molecule has 3 N–H and O–H groups in total. The zero-order valence-corrected chi connectivity index (χ0v) is 11.2. The summed E-state index contributed by atoms with van der Waals surface area (Å²) in [4.78, 5) is 13.4. The van der Waals surface area contributed by atoms with Crippen LogP contribution in [0.15, 0.2) is 18.2 Å². The normalized spacial score (nSPS) is 10.0. The molecule has 2 amide bonds. The van der Waals surface area contributed by atoms with Crippen molar-refractivity contribution < 1.29 is 9.90 Å². The predicted octanol–water partition coefficient (Wildman–Crippen LogP) is 0.853. The number of hydrogen-bond donors (Lipinski definition) is 3. The molecule has 0 saturated heterocycles. The number of carbonyl (C=O) groups is 1. The van der Waals surface area contributed by atoms with Crippen molar-refractivity contribution in [3.05, 3.63) is 29.3 Å². The fourth-order valence-electron chi connectivity index (χ4n) is 1.65. The summed E-state index contributed by atoms with van der Waals surface area (Å²) in [5.41, 5.74) is 3.34. The molecule has 0 saturated carbocycles. The summed E-state index contributed by atoms with van der Waals surface area (Å²) in [5, 5.41) is 13.9. The Kier molecular flexibility index (Phi) is 5.45. The van der Waals surface area contributed by atoms with Gasteiger partial charge in [-0.05, 0) is 24.1 Å². The Morgan fingerprint density at radius 3 is 2.67 bits per heavy atom. The van der Waals surface area contributed by atoms with Crippen molar-refractivity contribution in [3.63, 3.8) is 0 Å². The third-order valence-electron chi connectivity index (χ3n) is 2.56. The van der Waals surface area contributed by atoms with Gasteiger partial charge >= 0.3 is 6.03 Å². The number of benzene rings is 1. The van der Waals surface area contributed by atoms with Crippen LogP contribution in [0, 0.1) is 6.92 Å². The highest BCUT2D eigenvalue weighted by Gasteiger charge is 2.06. The Bertz CT molecular complexity index is 405. The highest BCUT2D eigenvalue weighted by atomic mass is 16.3. The zero-order valence-electron chi connectivity index (χ0n) is 11.2. The first-order valence-electron chi connectivity index (χ1n) is 5.94. The second-order valence-electron chi connectivity index (χ2n) is 4.36. The molecule has 0 radical (unpaired) electrons. The van der Waals surface area contributed by atoms with Crippen molar-refractivity contribution in [2.45, 2.75) is 13.5 Å². The van der Waals surface area contributed by atoms with E-state index >= 15 is 0 Å². The van der Waals surface area contributed by atoms with E-state index in [9.17, 15) is 4.79 Å². The minimum atomic E-state index is -0.269. The van der Waals surface area contributed by atoms with E-state index in [2.05, 4.69) is 16.7 Å². The quantitative estimate of drug-likeness (QED) is 0.727. The van der Waals surface area contributed by atoms with Gasteiger partial charge in [-0.15, -0.1) is 0 Å². The molecule has 0 unspecified atom stereocenters. The number of anilines is 1. The van der Waals surface area contributed by atoms with Gasteiger partial charge in [0.1, 0.15) is 0 Å². The number of carbonyl (C=O) groups excluding carboxylic acids is 1. The summed E-state index contributed by atoms with van der Waals surface area (Å²) >= 11 is 0. The molecule has 1 rings (SSSR count). The molecule has 0 aliphatic heterocycles. The third kappa shape index (κ3) is 4.25. The first-order chi connectivity index (χ1) is 8.54. The van der Waals surface area contributed by atoms with Gasteiger partial charge in [0.25, 0.3) is 0 Å². The van der Waals surface area contributed by atoms with E-state index in [4.69, 9.17) is 5.11 Å². The highest BCUT2D eigenvalue weighted by Crippen LogP contribution is 2.19. The van der Waals surface area contributed by atoms with Crippen LogP contribution in [0.25, 0.3) is 0 Å². The number of hydrogen-bond acceptors (Lipinski definition) is 3. The van der Waals surface area contributed by atoms with Crippen molar-refractivity contribution in [1.82, 2.24) is 10.6 Å². The Balaban J connectivity index is 2.64. The van der Waals surface area contributed by atoms with E-state index in [1.807, 2.05) is 38.1 Å². The van der Waals surface area contributed by atoms with Crippen LogP contribution in [-0.4, -0.2) is 38.4 Å². The SMILES string of the molecule is Cc1ccc(CNC(=O)NCCO)c(N(C)C)c1. The summed E-state index contributed by atoms with van der Waals surface area (Å²) in [5.74, 6) is 0. The maximum Gasteiger partial charge on any atom is 0.315 e. The van der Waals surface area contributed by atoms with E-state index < -0.39 is 0 Å². The van der Waals surface area contributed by atoms with Gasteiger partial charge in [-0.2, -0.15) is 0 Å². The van der Waals surface area contributed by atoms with E-state index in [1.165, 1.54) is 5.56 Å². The summed E-state index contributed by atoms with van der Waals surface area (Å²) < 4.78 is 0. The fourth-order valence-corrected chi connectivity index (χ4v) is 1.65. The molecule has 0 heterocycles. The van der Waals surface area contributed by atoms with Crippen LogP contribution in [0.5, 0.6) is 0 Å². The van der Waals surface area contributed by atoms with Crippen LogP contribution < -0.4 is 15.5 Å². The van der Waals surface area contributed by atoms with E-state index in [1.54, 1.807) is 0 Å². The first kappa shape index (κ1) is 14.3. The molecule has 0 atom stereocenters. The average molecular weight is 251 g/mol. The minimum absolute atomic E-state index is 0.0547. The molecule has 100 valence electrons. The molecule has 5 heteroatoms. The van der Waals surface area contributed by atoms with Crippen LogP contribution in [0.4, 0.5) is 10.5 Å². The second-order valence-corrected chi connectivity index (χ2v) is 4.36. The number of aliphatic hydroxyl groups is 1. The van der Waals surface area contributed by atoms with Crippen molar-refractivity contribution in [2.24, 2.45) is 0 Å². The monoisotopic (exact) mass is 251 g/mol. The summed E-state index contributed by atoms with van der Waals surface area (Å²) in [6, 6.07) is 5.85. The predicted molar refractivity (Wildman–Crippen MR) is 72.8 cm³/mol. The lowest BCUT2D eigenvalue weighted by atomic mass is 10.1. The molecule has 0 aliphatic carbocycles. The molecular weight excluding hydrogens is 230 g/mol. The lowest BCUT2D eigenvalue weighted by Gasteiger charge is -2.18. The van der Waals surface area contributed by atoms with Crippen LogP contribution in [0.1, 0.15) is 11.1 Å². The molecule has 0 fully saturated rings. The number of nitrogens with zero attached hydrogens (tertiary/aromatic N) is 1. The Morgan fingerprint density at radius 1 is 1.33 bits per heavy atom. The molecule has 1 aromatic carbocycles. The van der Waals surface area contributed by atoms with Crippen LogP contribution in [-0.2, 0) is 6.54 Å². The largest absolute Gasteiger partial charge is 0.395 e. The maximum atomic E-state index is 11.4.